The van der Waals surface area contributed by atoms with Crippen LogP contribution in [0.15, 0.2) is 12.1 Å². The zero-order valence-corrected chi connectivity index (χ0v) is 10.1. The predicted octanol–water partition coefficient (Wildman–Crippen LogP) is 2.57. The van der Waals surface area contributed by atoms with E-state index in [-0.39, 0.29) is 12.2 Å². The Kier molecular flexibility index (Phi) is 6.53. The first-order valence-corrected chi connectivity index (χ1v) is 5.60. The number of hydrogen-bond donors (Lipinski definition) is 1. The summed E-state index contributed by atoms with van der Waals surface area (Å²) in [6, 6.07) is 1.26. The molecule has 0 atom stereocenters. The van der Waals surface area contributed by atoms with Gasteiger partial charge in [-0.3, -0.25) is 0 Å². The van der Waals surface area contributed by atoms with E-state index in [9.17, 15) is 13.2 Å². The summed E-state index contributed by atoms with van der Waals surface area (Å²) in [5.74, 6) is -2.84. The number of benzene rings is 1. The average molecular weight is 263 g/mol. The quantitative estimate of drug-likeness (QED) is 0.731. The Bertz CT molecular complexity index is 351. The molecule has 0 aliphatic carbocycles. The van der Waals surface area contributed by atoms with E-state index in [1.165, 1.54) is 0 Å². The number of methoxy groups -OCH3 is 1. The van der Waals surface area contributed by atoms with Gasteiger partial charge in [-0.15, -0.1) is 0 Å². The van der Waals surface area contributed by atoms with Crippen LogP contribution in [0.1, 0.15) is 6.42 Å². The lowest BCUT2D eigenvalue weighted by Crippen LogP contribution is -2.13. The second-order valence-corrected chi connectivity index (χ2v) is 3.63. The van der Waals surface area contributed by atoms with Crippen molar-refractivity contribution in [2.75, 3.05) is 38.8 Å². The predicted molar refractivity (Wildman–Crippen MR) is 62.1 cm³/mol. The monoisotopic (exact) mass is 263 g/mol. The van der Waals surface area contributed by atoms with Crippen molar-refractivity contribution in [3.05, 3.63) is 29.6 Å². The van der Waals surface area contributed by atoms with Crippen LogP contribution in [-0.4, -0.2) is 33.5 Å². The van der Waals surface area contributed by atoms with Crippen molar-refractivity contribution < 1.29 is 22.6 Å². The Morgan fingerprint density at radius 1 is 1.06 bits per heavy atom. The van der Waals surface area contributed by atoms with Gasteiger partial charge in [0.1, 0.15) is 11.5 Å². The maximum absolute atomic E-state index is 13.2. The number of anilines is 1. The highest BCUT2D eigenvalue weighted by molar-refractivity contribution is 5.46. The Morgan fingerprint density at radius 2 is 1.72 bits per heavy atom. The van der Waals surface area contributed by atoms with Gasteiger partial charge in [0, 0.05) is 39.0 Å². The Morgan fingerprint density at radius 3 is 2.33 bits per heavy atom. The van der Waals surface area contributed by atoms with E-state index in [1.54, 1.807) is 7.11 Å². The molecule has 1 rings (SSSR count). The Balaban J connectivity index is 2.27. The molecule has 102 valence electrons. The minimum absolute atomic E-state index is 0.243. The van der Waals surface area contributed by atoms with Crippen LogP contribution in [0.4, 0.5) is 18.9 Å². The highest BCUT2D eigenvalue weighted by atomic mass is 19.1. The highest BCUT2D eigenvalue weighted by Crippen LogP contribution is 2.19. The summed E-state index contributed by atoms with van der Waals surface area (Å²) < 4.78 is 49.0. The number of ether oxygens (including phenoxy) is 2. The Labute approximate surface area is 104 Å². The third-order valence-corrected chi connectivity index (χ3v) is 2.19. The third kappa shape index (κ3) is 4.93. The molecule has 18 heavy (non-hydrogen) atoms. The van der Waals surface area contributed by atoms with Crippen LogP contribution in [0.3, 0.4) is 0 Å². The van der Waals surface area contributed by atoms with Gasteiger partial charge in [-0.2, -0.15) is 0 Å². The van der Waals surface area contributed by atoms with Gasteiger partial charge in [-0.05, 0) is 6.42 Å². The minimum Gasteiger partial charge on any atom is -0.385 e. The molecule has 0 spiro atoms. The molecule has 0 saturated heterocycles. The van der Waals surface area contributed by atoms with Gasteiger partial charge in [0.2, 0.25) is 0 Å². The molecule has 0 fully saturated rings. The molecule has 0 bridgehead atoms. The first-order chi connectivity index (χ1) is 8.65. The fourth-order valence-electron chi connectivity index (χ4n) is 1.37. The van der Waals surface area contributed by atoms with Crippen molar-refractivity contribution in [3.8, 4) is 0 Å². The molecule has 0 radical (unpaired) electrons. The highest BCUT2D eigenvalue weighted by Gasteiger charge is 2.10. The first kappa shape index (κ1) is 14.8. The molecule has 1 aromatic carbocycles. The van der Waals surface area contributed by atoms with E-state index in [4.69, 9.17) is 9.47 Å². The van der Waals surface area contributed by atoms with Crippen molar-refractivity contribution in [1.82, 2.24) is 0 Å². The lowest BCUT2D eigenvalue weighted by Gasteiger charge is -2.09. The van der Waals surface area contributed by atoms with Crippen LogP contribution < -0.4 is 5.32 Å². The normalized spacial score (nSPS) is 10.7. The molecular weight excluding hydrogens is 247 g/mol. The second-order valence-electron chi connectivity index (χ2n) is 3.63. The SMILES string of the molecule is COCCCOCCNc1c(F)cc(F)cc1F. The van der Waals surface area contributed by atoms with Crippen molar-refractivity contribution in [2.24, 2.45) is 0 Å². The fourth-order valence-corrected chi connectivity index (χ4v) is 1.37. The third-order valence-electron chi connectivity index (χ3n) is 2.19. The van der Waals surface area contributed by atoms with Gasteiger partial charge in [-0.25, -0.2) is 13.2 Å². The smallest absolute Gasteiger partial charge is 0.152 e. The molecule has 0 aliphatic rings. The zero-order valence-electron chi connectivity index (χ0n) is 10.1. The minimum atomic E-state index is -0.952. The molecule has 0 saturated carbocycles. The maximum atomic E-state index is 13.2. The van der Waals surface area contributed by atoms with Crippen LogP contribution in [-0.2, 0) is 9.47 Å². The van der Waals surface area contributed by atoms with E-state index in [2.05, 4.69) is 5.32 Å². The van der Waals surface area contributed by atoms with Crippen molar-refractivity contribution in [1.29, 1.82) is 0 Å². The molecule has 0 amide bonds. The van der Waals surface area contributed by atoms with Crippen molar-refractivity contribution in [3.63, 3.8) is 0 Å². The average Bonchev–Trinajstić information content (AvgIpc) is 2.30. The van der Waals surface area contributed by atoms with E-state index < -0.39 is 17.5 Å². The molecule has 0 unspecified atom stereocenters. The maximum Gasteiger partial charge on any atom is 0.152 e. The van der Waals surface area contributed by atoms with Crippen LogP contribution in [0.5, 0.6) is 0 Å². The molecule has 3 nitrogen and oxygen atoms in total. The molecule has 0 aromatic heterocycles. The Hall–Kier alpha value is -1.27. The lowest BCUT2D eigenvalue weighted by atomic mass is 10.3. The van der Waals surface area contributed by atoms with Gasteiger partial charge >= 0.3 is 0 Å². The summed E-state index contributed by atoms with van der Waals surface area (Å²) in [5, 5.41) is 2.53. The number of hydrogen-bond acceptors (Lipinski definition) is 3. The summed E-state index contributed by atoms with van der Waals surface area (Å²) in [6.07, 6.45) is 0.760. The molecule has 0 heterocycles. The van der Waals surface area contributed by atoms with Gasteiger partial charge < -0.3 is 14.8 Å². The van der Waals surface area contributed by atoms with Crippen molar-refractivity contribution >= 4 is 5.69 Å². The van der Waals surface area contributed by atoms with Crippen LogP contribution in [0, 0.1) is 17.5 Å². The number of rotatable bonds is 8. The fraction of sp³-hybridized carbons (Fsp3) is 0.500. The molecular formula is C12H16F3NO2. The van der Waals surface area contributed by atoms with Gasteiger partial charge in [0.15, 0.2) is 11.6 Å². The van der Waals surface area contributed by atoms with Gasteiger partial charge in [0.05, 0.1) is 6.61 Å². The van der Waals surface area contributed by atoms with E-state index in [1.807, 2.05) is 0 Å². The summed E-state index contributed by atoms with van der Waals surface area (Å²) in [7, 11) is 1.60. The summed E-state index contributed by atoms with van der Waals surface area (Å²) in [4.78, 5) is 0. The van der Waals surface area contributed by atoms with E-state index in [0.29, 0.717) is 32.0 Å². The van der Waals surface area contributed by atoms with E-state index in [0.717, 1.165) is 6.42 Å². The number of nitrogens with one attached hydrogen (secondary N) is 1. The zero-order chi connectivity index (χ0) is 13.4. The van der Waals surface area contributed by atoms with Crippen LogP contribution in [0.2, 0.25) is 0 Å². The second kappa shape index (κ2) is 7.94. The summed E-state index contributed by atoms with van der Waals surface area (Å²) >= 11 is 0. The molecule has 0 aliphatic heterocycles. The summed E-state index contributed by atoms with van der Waals surface area (Å²) in [5.41, 5.74) is -0.336. The van der Waals surface area contributed by atoms with Gasteiger partial charge in [-0.1, -0.05) is 0 Å². The first-order valence-electron chi connectivity index (χ1n) is 5.60. The van der Waals surface area contributed by atoms with E-state index >= 15 is 0 Å². The lowest BCUT2D eigenvalue weighted by molar-refractivity contribution is 0.109. The molecule has 1 N–H and O–H groups in total. The van der Waals surface area contributed by atoms with Crippen molar-refractivity contribution in [2.45, 2.75) is 6.42 Å². The number of halogens is 3. The largest absolute Gasteiger partial charge is 0.385 e. The topological polar surface area (TPSA) is 30.5 Å². The van der Waals surface area contributed by atoms with Crippen LogP contribution >= 0.6 is 0 Å². The summed E-state index contributed by atoms with van der Waals surface area (Å²) in [6.45, 7) is 1.67. The van der Waals surface area contributed by atoms with Crippen LogP contribution in [0.25, 0.3) is 0 Å². The molecule has 1 aromatic rings. The molecule has 6 heteroatoms. The standard InChI is InChI=1S/C12H16F3NO2/c1-17-4-2-5-18-6-3-16-12-10(14)7-9(13)8-11(12)15/h7-8,16H,2-6H2,1H3. The van der Waals surface area contributed by atoms with Gasteiger partial charge in [0.25, 0.3) is 0 Å².